The summed E-state index contributed by atoms with van der Waals surface area (Å²) in [5.74, 6) is 0.880. The minimum Gasteiger partial charge on any atom is -0.339 e. The Morgan fingerprint density at radius 2 is 1.67 bits per heavy atom. The van der Waals surface area contributed by atoms with Crippen LogP contribution in [0.3, 0.4) is 0 Å². The number of nitrogens with zero attached hydrogens (tertiary/aromatic N) is 2. The average Bonchev–Trinajstić information content (AvgIpc) is 3.11. The molecular formula is C20H23N3O3S. The molecule has 0 atom stereocenters. The molecule has 0 radical (unpaired) electrons. The topological polar surface area (TPSA) is 85.1 Å². The van der Waals surface area contributed by atoms with Crippen LogP contribution in [0.15, 0.2) is 64.0 Å². The zero-order valence-electron chi connectivity index (χ0n) is 15.6. The highest BCUT2D eigenvalue weighted by atomic mass is 32.2. The van der Waals surface area contributed by atoms with Crippen molar-refractivity contribution in [2.75, 3.05) is 6.54 Å². The third kappa shape index (κ3) is 4.81. The lowest BCUT2D eigenvalue weighted by Crippen LogP contribution is -2.26. The molecule has 0 spiro atoms. The van der Waals surface area contributed by atoms with Gasteiger partial charge in [-0.2, -0.15) is 4.98 Å². The summed E-state index contributed by atoms with van der Waals surface area (Å²) in [5.41, 5.74) is 1.91. The van der Waals surface area contributed by atoms with Crippen molar-refractivity contribution < 1.29 is 12.9 Å². The monoisotopic (exact) mass is 385 g/mol. The first kappa shape index (κ1) is 19.3. The van der Waals surface area contributed by atoms with E-state index in [0.29, 0.717) is 18.1 Å². The molecular weight excluding hydrogens is 362 g/mol. The molecule has 0 unspecified atom stereocenters. The van der Waals surface area contributed by atoms with Crippen LogP contribution in [-0.4, -0.2) is 25.1 Å². The molecule has 0 saturated carbocycles. The van der Waals surface area contributed by atoms with E-state index in [2.05, 4.69) is 35.6 Å². The number of benzene rings is 2. The Morgan fingerprint density at radius 3 is 2.30 bits per heavy atom. The molecule has 3 aromatic rings. The minimum atomic E-state index is -3.58. The Hall–Kier alpha value is -2.51. The molecule has 0 saturated heterocycles. The molecule has 3 rings (SSSR count). The zero-order valence-corrected chi connectivity index (χ0v) is 16.5. The second-order valence-electron chi connectivity index (χ2n) is 7.30. The van der Waals surface area contributed by atoms with Gasteiger partial charge in [-0.05, 0) is 23.1 Å². The number of rotatable bonds is 6. The molecule has 1 heterocycles. The molecule has 1 aromatic heterocycles. The highest BCUT2D eigenvalue weighted by Gasteiger charge is 2.18. The average molecular weight is 385 g/mol. The zero-order chi connectivity index (χ0) is 19.5. The summed E-state index contributed by atoms with van der Waals surface area (Å²) in [6.07, 6.45) is 0.319. The van der Waals surface area contributed by atoms with Crippen LogP contribution in [0.1, 0.15) is 32.2 Å². The number of hydrogen-bond acceptors (Lipinski definition) is 5. The number of hydrogen-bond donors (Lipinski definition) is 1. The predicted octanol–water partition coefficient (Wildman–Crippen LogP) is 3.56. The Bertz CT molecular complexity index is 989. The summed E-state index contributed by atoms with van der Waals surface area (Å²) in [7, 11) is -3.58. The van der Waals surface area contributed by atoms with Gasteiger partial charge in [0, 0.05) is 18.5 Å². The van der Waals surface area contributed by atoms with Crippen LogP contribution in [-0.2, 0) is 21.9 Å². The smallest absolute Gasteiger partial charge is 0.240 e. The van der Waals surface area contributed by atoms with E-state index in [9.17, 15) is 8.42 Å². The van der Waals surface area contributed by atoms with E-state index in [1.165, 1.54) is 0 Å². The van der Waals surface area contributed by atoms with Crippen molar-refractivity contribution in [3.8, 4) is 11.4 Å². The Balaban J connectivity index is 1.60. The molecule has 0 aliphatic carbocycles. The first-order valence-electron chi connectivity index (χ1n) is 8.74. The van der Waals surface area contributed by atoms with Gasteiger partial charge in [0.05, 0.1) is 4.90 Å². The van der Waals surface area contributed by atoms with E-state index in [1.54, 1.807) is 12.1 Å². The van der Waals surface area contributed by atoms with Gasteiger partial charge >= 0.3 is 0 Å². The number of aromatic nitrogens is 2. The molecule has 0 fully saturated rings. The molecule has 7 heteroatoms. The molecule has 1 N–H and O–H groups in total. The van der Waals surface area contributed by atoms with E-state index in [0.717, 1.165) is 11.1 Å². The van der Waals surface area contributed by atoms with Crippen LogP contribution in [0, 0.1) is 0 Å². The largest absolute Gasteiger partial charge is 0.339 e. The third-order valence-corrected chi connectivity index (χ3v) is 5.64. The summed E-state index contributed by atoms with van der Waals surface area (Å²) >= 11 is 0. The quantitative estimate of drug-likeness (QED) is 0.701. The maximum Gasteiger partial charge on any atom is 0.240 e. The predicted molar refractivity (Wildman–Crippen MR) is 104 cm³/mol. The third-order valence-electron chi connectivity index (χ3n) is 4.16. The highest BCUT2D eigenvalue weighted by Crippen LogP contribution is 2.23. The second-order valence-corrected chi connectivity index (χ2v) is 9.07. The Morgan fingerprint density at radius 1 is 1.00 bits per heavy atom. The van der Waals surface area contributed by atoms with Gasteiger partial charge in [0.15, 0.2) is 0 Å². The van der Waals surface area contributed by atoms with Crippen molar-refractivity contribution in [2.24, 2.45) is 0 Å². The fourth-order valence-electron chi connectivity index (χ4n) is 2.57. The number of sulfonamides is 1. The van der Waals surface area contributed by atoms with Crippen LogP contribution in [0.25, 0.3) is 11.4 Å². The molecule has 2 aromatic carbocycles. The van der Waals surface area contributed by atoms with Gasteiger partial charge in [0.1, 0.15) is 0 Å². The fourth-order valence-corrected chi connectivity index (χ4v) is 3.60. The summed E-state index contributed by atoms with van der Waals surface area (Å²) in [5, 5.41) is 3.93. The van der Waals surface area contributed by atoms with Crippen LogP contribution in [0.2, 0.25) is 0 Å². The van der Waals surface area contributed by atoms with E-state index < -0.39 is 10.0 Å². The van der Waals surface area contributed by atoms with Crippen molar-refractivity contribution in [1.29, 1.82) is 0 Å². The first-order chi connectivity index (χ1) is 12.8. The molecule has 0 amide bonds. The van der Waals surface area contributed by atoms with E-state index in [-0.39, 0.29) is 16.9 Å². The molecule has 0 bridgehead atoms. The normalized spacial score (nSPS) is 12.3. The molecule has 0 aliphatic rings. The van der Waals surface area contributed by atoms with E-state index in [1.807, 2.05) is 42.5 Å². The maximum absolute atomic E-state index is 12.4. The lowest BCUT2D eigenvalue weighted by Gasteiger charge is -2.19. The summed E-state index contributed by atoms with van der Waals surface area (Å²) in [6, 6.07) is 16.4. The van der Waals surface area contributed by atoms with Crippen molar-refractivity contribution in [2.45, 2.75) is 37.5 Å². The number of nitrogens with one attached hydrogen (secondary N) is 1. The fraction of sp³-hybridized carbons (Fsp3) is 0.300. The molecule has 6 nitrogen and oxygen atoms in total. The van der Waals surface area contributed by atoms with Gasteiger partial charge in [-0.15, -0.1) is 0 Å². The minimum absolute atomic E-state index is 0.0237. The van der Waals surface area contributed by atoms with Crippen molar-refractivity contribution >= 4 is 10.0 Å². The van der Waals surface area contributed by atoms with Gasteiger partial charge in [-0.25, -0.2) is 13.1 Å². The van der Waals surface area contributed by atoms with Crippen LogP contribution < -0.4 is 4.72 Å². The standard InChI is InChI=1S/C20H23N3O3S/c1-20(2,3)16-9-11-17(12-10-16)27(24,25)21-14-13-18-22-19(23-26-18)15-7-5-4-6-8-15/h4-12,21H,13-14H2,1-3H3. The van der Waals surface area contributed by atoms with Gasteiger partial charge in [-0.1, -0.05) is 68.4 Å². The summed E-state index contributed by atoms with van der Waals surface area (Å²) in [6.45, 7) is 6.44. The lowest BCUT2D eigenvalue weighted by atomic mass is 9.87. The van der Waals surface area contributed by atoms with Gasteiger partial charge < -0.3 is 4.52 Å². The first-order valence-corrected chi connectivity index (χ1v) is 10.2. The van der Waals surface area contributed by atoms with Gasteiger partial charge in [0.25, 0.3) is 0 Å². The highest BCUT2D eigenvalue weighted by molar-refractivity contribution is 7.89. The van der Waals surface area contributed by atoms with Crippen LogP contribution in [0.5, 0.6) is 0 Å². The Labute approximate surface area is 159 Å². The van der Waals surface area contributed by atoms with E-state index in [4.69, 9.17) is 4.52 Å². The van der Waals surface area contributed by atoms with Crippen molar-refractivity contribution in [1.82, 2.24) is 14.9 Å². The summed E-state index contributed by atoms with van der Waals surface area (Å²) in [4.78, 5) is 4.54. The van der Waals surface area contributed by atoms with Crippen molar-refractivity contribution in [3.63, 3.8) is 0 Å². The van der Waals surface area contributed by atoms with Gasteiger partial charge in [-0.3, -0.25) is 0 Å². The maximum atomic E-state index is 12.4. The van der Waals surface area contributed by atoms with Gasteiger partial charge in [0.2, 0.25) is 21.7 Å². The van der Waals surface area contributed by atoms with E-state index >= 15 is 0 Å². The second kappa shape index (κ2) is 7.62. The SMILES string of the molecule is CC(C)(C)c1ccc(S(=O)(=O)NCCc2nc(-c3ccccc3)no2)cc1. The van der Waals surface area contributed by atoms with Crippen LogP contribution in [0.4, 0.5) is 0 Å². The van der Waals surface area contributed by atoms with Crippen molar-refractivity contribution in [3.05, 3.63) is 66.1 Å². The lowest BCUT2D eigenvalue weighted by molar-refractivity contribution is 0.379. The van der Waals surface area contributed by atoms with Crippen LogP contribution >= 0.6 is 0 Å². The Kier molecular flexibility index (Phi) is 5.43. The molecule has 27 heavy (non-hydrogen) atoms. The molecule has 142 valence electrons. The summed E-state index contributed by atoms with van der Waals surface area (Å²) < 4.78 is 32.6. The molecule has 0 aliphatic heterocycles.